The molecule has 4 aromatic rings. The predicted molar refractivity (Wildman–Crippen MR) is 193 cm³/mol. The molecule has 6 rings (SSSR count). The number of amides is 2. The summed E-state index contributed by atoms with van der Waals surface area (Å²) in [6.07, 6.45) is 2.66. The van der Waals surface area contributed by atoms with E-state index in [1.807, 2.05) is 30.5 Å². The number of aliphatic carboxylic acids is 1. The average Bonchev–Trinajstić information content (AvgIpc) is 3.77. The number of piperazine rings is 1. The lowest BCUT2D eigenvalue weighted by Gasteiger charge is -2.35. The molecule has 51 heavy (non-hydrogen) atoms. The van der Waals surface area contributed by atoms with Gasteiger partial charge in [0.2, 0.25) is 5.91 Å². The molecule has 2 fully saturated rings. The number of fused-ring (bicyclic) bond motifs is 1. The second-order valence-corrected chi connectivity index (χ2v) is 14.3. The van der Waals surface area contributed by atoms with Crippen LogP contribution in [-0.4, -0.2) is 83.3 Å². The maximum atomic E-state index is 14.0. The number of rotatable bonds is 11. The topological polar surface area (TPSA) is 115 Å². The molecule has 1 aliphatic heterocycles. The number of carbonyl (C=O) groups is 3. The summed E-state index contributed by atoms with van der Waals surface area (Å²) in [4.78, 5) is 46.5. The Morgan fingerprint density at radius 3 is 2.29 bits per heavy atom. The highest BCUT2D eigenvalue weighted by Crippen LogP contribution is 2.33. The van der Waals surface area contributed by atoms with Crippen LogP contribution in [-0.2, 0) is 16.0 Å². The van der Waals surface area contributed by atoms with E-state index in [2.05, 4.69) is 80.9 Å². The monoisotopic (exact) mass is 723 g/mol. The van der Waals surface area contributed by atoms with Crippen molar-refractivity contribution in [2.75, 3.05) is 37.6 Å². The summed E-state index contributed by atoms with van der Waals surface area (Å²) in [6, 6.07) is 24.7. The third-order valence-electron chi connectivity index (χ3n) is 9.42. The summed E-state index contributed by atoms with van der Waals surface area (Å²) < 4.78 is 32.8. The number of pyridine rings is 1. The van der Waals surface area contributed by atoms with Gasteiger partial charge in [-0.1, -0.05) is 61.4 Å². The number of benzene rings is 2. The number of carbonyl (C=O) groups excluding carboxylic acids is 2. The lowest BCUT2D eigenvalue weighted by molar-refractivity contribution is -0.192. The van der Waals surface area contributed by atoms with Crippen molar-refractivity contribution in [2.24, 2.45) is 0 Å². The number of nitrogens with one attached hydrogen (secondary N) is 2. The van der Waals surface area contributed by atoms with Gasteiger partial charge in [0.05, 0.1) is 4.88 Å². The van der Waals surface area contributed by atoms with Crippen LogP contribution in [0.3, 0.4) is 0 Å². The smallest absolute Gasteiger partial charge is 0.475 e. The van der Waals surface area contributed by atoms with E-state index in [9.17, 15) is 22.8 Å². The number of carboxylic acids is 1. The van der Waals surface area contributed by atoms with Gasteiger partial charge in [0.1, 0.15) is 11.4 Å². The molecule has 2 aromatic carbocycles. The lowest BCUT2D eigenvalue weighted by Crippen LogP contribution is -2.59. The van der Waals surface area contributed by atoms with Gasteiger partial charge in [-0.05, 0) is 86.4 Å². The zero-order valence-corrected chi connectivity index (χ0v) is 29.4. The average molecular weight is 724 g/mol. The summed E-state index contributed by atoms with van der Waals surface area (Å²) in [5, 5.41) is 14.8. The second kappa shape index (κ2) is 17.1. The molecule has 3 N–H and O–H groups in total. The van der Waals surface area contributed by atoms with Crippen LogP contribution in [0, 0.1) is 6.92 Å². The highest BCUT2D eigenvalue weighted by atomic mass is 32.1. The fourth-order valence-corrected chi connectivity index (χ4v) is 7.72. The van der Waals surface area contributed by atoms with Crippen molar-refractivity contribution in [3.05, 3.63) is 95.0 Å². The number of hydrogen-bond acceptors (Lipinski definition) is 7. The molecular weight excluding hydrogens is 680 g/mol. The molecule has 0 bridgehead atoms. The molecule has 13 heteroatoms. The van der Waals surface area contributed by atoms with Gasteiger partial charge in [0, 0.05) is 43.1 Å². The number of carboxylic acid groups (broad SMARTS) is 1. The number of nitrogens with zero attached hydrogens (tertiary/aromatic N) is 3. The maximum Gasteiger partial charge on any atom is 0.490 e. The quantitative estimate of drug-likeness (QED) is 0.160. The molecule has 2 aromatic heterocycles. The minimum absolute atomic E-state index is 0.00128. The van der Waals surface area contributed by atoms with Gasteiger partial charge in [-0.3, -0.25) is 14.5 Å². The highest BCUT2D eigenvalue weighted by Gasteiger charge is 2.43. The summed E-state index contributed by atoms with van der Waals surface area (Å²) in [5.41, 5.74) is 1.53. The summed E-state index contributed by atoms with van der Waals surface area (Å²) in [6.45, 7) is 7.04. The Kier molecular flexibility index (Phi) is 12.7. The van der Waals surface area contributed by atoms with Gasteiger partial charge >= 0.3 is 12.1 Å². The van der Waals surface area contributed by atoms with Crippen molar-refractivity contribution in [2.45, 2.75) is 69.6 Å². The van der Waals surface area contributed by atoms with Crippen molar-refractivity contribution in [3.8, 4) is 0 Å². The number of anilines is 1. The third-order valence-corrected chi connectivity index (χ3v) is 10.5. The van der Waals surface area contributed by atoms with Crippen LogP contribution in [0.25, 0.3) is 10.1 Å². The predicted octanol–water partition coefficient (Wildman–Crippen LogP) is 6.61. The Balaban J connectivity index is 0.000000654. The molecular formula is C38H44F3N5O4S. The van der Waals surface area contributed by atoms with Crippen LogP contribution < -0.4 is 15.5 Å². The van der Waals surface area contributed by atoms with Crippen LogP contribution in [0.15, 0.2) is 79.0 Å². The molecule has 0 radical (unpaired) electrons. The van der Waals surface area contributed by atoms with Crippen molar-refractivity contribution in [1.82, 2.24) is 20.5 Å². The van der Waals surface area contributed by atoms with Gasteiger partial charge in [-0.2, -0.15) is 13.2 Å². The van der Waals surface area contributed by atoms with E-state index in [0.717, 1.165) is 80.7 Å². The highest BCUT2D eigenvalue weighted by molar-refractivity contribution is 7.20. The molecule has 272 valence electrons. The first-order valence-corrected chi connectivity index (χ1v) is 18.1. The van der Waals surface area contributed by atoms with Crippen molar-refractivity contribution in [1.29, 1.82) is 0 Å². The Labute approximate surface area is 299 Å². The van der Waals surface area contributed by atoms with Crippen LogP contribution in [0.4, 0.5) is 19.0 Å². The lowest BCUT2D eigenvalue weighted by atomic mass is 9.94. The molecule has 1 aliphatic carbocycles. The minimum Gasteiger partial charge on any atom is -0.475 e. The molecule has 2 amide bonds. The summed E-state index contributed by atoms with van der Waals surface area (Å²) in [7, 11) is 0. The van der Waals surface area contributed by atoms with E-state index in [1.165, 1.54) is 22.5 Å². The first-order valence-electron chi connectivity index (χ1n) is 17.3. The second-order valence-electron chi connectivity index (χ2n) is 13.2. The first kappa shape index (κ1) is 37.8. The molecule has 3 heterocycles. The van der Waals surface area contributed by atoms with E-state index < -0.39 is 17.7 Å². The molecule has 2 aliphatic rings. The van der Waals surface area contributed by atoms with Crippen LogP contribution in [0.2, 0.25) is 0 Å². The SMILES string of the molecule is Cc1ccc2cc(C(=O)NC3(C(=O)N[C@@H](CCCN4CCN(c5ccccn5)CC4)Cc4ccccc4)CCCC3)sc2c1.O=C(O)C(F)(F)F. The number of thiophene rings is 1. The number of alkyl halides is 3. The van der Waals surface area contributed by atoms with Gasteiger partial charge < -0.3 is 20.6 Å². The molecule has 1 atom stereocenters. The summed E-state index contributed by atoms with van der Waals surface area (Å²) in [5.74, 6) is -1.89. The number of halogens is 3. The van der Waals surface area contributed by atoms with Gasteiger partial charge in [0.15, 0.2) is 0 Å². The standard InChI is InChI=1S/C36H43N5O2S.C2HF3O2/c1-27-14-15-29-26-32(44-31(29)24-27)34(42)39-36(16-6-7-17-36)35(43)38-30(25-28-10-3-2-4-11-28)12-9-19-40-20-22-41(23-21-40)33-13-5-8-18-37-33;3-2(4,5)1(6)7/h2-5,8,10-11,13-15,18,24,26,30H,6-7,9,12,16-17,19-23,25H2,1H3,(H,38,43)(H,39,42);(H,6,7)/t30-;/m0./s1. The van der Waals surface area contributed by atoms with Gasteiger partial charge in [-0.25, -0.2) is 9.78 Å². The number of hydrogen-bond donors (Lipinski definition) is 3. The fourth-order valence-electron chi connectivity index (χ4n) is 6.67. The largest absolute Gasteiger partial charge is 0.490 e. The third kappa shape index (κ3) is 10.5. The zero-order valence-electron chi connectivity index (χ0n) is 28.6. The van der Waals surface area contributed by atoms with Gasteiger partial charge in [-0.15, -0.1) is 11.3 Å². The Hall–Kier alpha value is -4.49. The van der Waals surface area contributed by atoms with Gasteiger partial charge in [0.25, 0.3) is 5.91 Å². The normalized spacial score (nSPS) is 16.6. The molecule has 1 saturated heterocycles. The maximum absolute atomic E-state index is 14.0. The van der Waals surface area contributed by atoms with Crippen molar-refractivity contribution >= 4 is 45.0 Å². The van der Waals surface area contributed by atoms with Crippen LogP contribution in [0.1, 0.15) is 59.3 Å². The van der Waals surface area contributed by atoms with E-state index >= 15 is 0 Å². The van der Waals surface area contributed by atoms with Crippen molar-refractivity contribution < 1.29 is 32.7 Å². The number of aryl methyl sites for hydroxylation is 1. The molecule has 0 spiro atoms. The van der Waals surface area contributed by atoms with E-state index in [1.54, 1.807) is 0 Å². The Morgan fingerprint density at radius 1 is 0.961 bits per heavy atom. The molecule has 9 nitrogen and oxygen atoms in total. The fraction of sp³-hybridized carbons (Fsp3) is 0.421. The van der Waals surface area contributed by atoms with Crippen LogP contribution >= 0.6 is 11.3 Å². The number of aromatic nitrogens is 1. The minimum atomic E-state index is -5.08. The van der Waals surface area contributed by atoms with E-state index in [4.69, 9.17) is 9.90 Å². The summed E-state index contributed by atoms with van der Waals surface area (Å²) >= 11 is 1.50. The zero-order chi connectivity index (χ0) is 36.4. The van der Waals surface area contributed by atoms with E-state index in [0.29, 0.717) is 17.7 Å². The van der Waals surface area contributed by atoms with Crippen LogP contribution in [0.5, 0.6) is 0 Å². The van der Waals surface area contributed by atoms with E-state index in [-0.39, 0.29) is 17.9 Å². The Morgan fingerprint density at radius 2 is 1.65 bits per heavy atom. The molecule has 1 saturated carbocycles. The Bertz CT molecular complexity index is 1760. The first-order chi connectivity index (χ1) is 24.4. The van der Waals surface area contributed by atoms with Crippen molar-refractivity contribution in [3.63, 3.8) is 0 Å². The molecule has 0 unspecified atom stereocenters.